The Hall–Kier alpha value is -2.06. The minimum atomic E-state index is -0.232. The minimum Gasteiger partial charge on any atom is -0.497 e. The predicted octanol–water partition coefficient (Wildman–Crippen LogP) is 5.76. The molecule has 2 nitrogen and oxygen atoms in total. The maximum atomic E-state index is 13.1. The number of hydrogen-bond donors (Lipinski definition) is 0. The molecule has 1 atom stereocenters. The Morgan fingerprint density at radius 1 is 1.12 bits per heavy atom. The lowest BCUT2D eigenvalue weighted by atomic mass is 9.88. The number of benzene rings is 2. The third-order valence-corrected chi connectivity index (χ3v) is 4.94. The summed E-state index contributed by atoms with van der Waals surface area (Å²) < 4.78 is 5.37. The molecule has 0 amide bonds. The van der Waals surface area contributed by atoms with E-state index < -0.39 is 0 Å². The zero-order valence-corrected chi connectivity index (χ0v) is 15.1. The Labute approximate surface area is 148 Å². The van der Waals surface area contributed by atoms with E-state index in [1.165, 1.54) is 5.57 Å². The number of allylic oxidation sites excluding steroid dienone is 2. The number of hydrogen-bond acceptors (Lipinski definition) is 2. The number of methoxy groups -OCH3 is 1. The summed E-state index contributed by atoms with van der Waals surface area (Å²) in [6.07, 6.45) is 0. The van der Waals surface area contributed by atoms with Gasteiger partial charge in [-0.3, -0.25) is 4.79 Å². The van der Waals surface area contributed by atoms with Crippen molar-refractivity contribution < 1.29 is 9.53 Å². The number of ketones is 1. The van der Waals surface area contributed by atoms with Crippen LogP contribution in [0.4, 0.5) is 0 Å². The van der Waals surface area contributed by atoms with Gasteiger partial charge in [-0.05, 0) is 65.9 Å². The quantitative estimate of drug-likeness (QED) is 0.661. The van der Waals surface area contributed by atoms with Gasteiger partial charge in [-0.2, -0.15) is 0 Å². The zero-order valence-electron chi connectivity index (χ0n) is 14.4. The molecule has 0 radical (unpaired) electrons. The number of halogens is 1. The molecule has 3 rings (SSSR count). The van der Waals surface area contributed by atoms with E-state index in [1.807, 2.05) is 18.2 Å². The van der Waals surface area contributed by atoms with E-state index in [4.69, 9.17) is 16.3 Å². The average molecular weight is 341 g/mol. The monoisotopic (exact) mass is 340 g/mol. The number of fused-ring (bicyclic) bond motifs is 1. The highest BCUT2D eigenvalue weighted by molar-refractivity contribution is 6.30. The van der Waals surface area contributed by atoms with Crippen LogP contribution in [0.25, 0.3) is 5.57 Å². The molecule has 0 saturated heterocycles. The molecule has 0 bridgehead atoms. The van der Waals surface area contributed by atoms with Gasteiger partial charge >= 0.3 is 0 Å². The van der Waals surface area contributed by atoms with Crippen LogP contribution in [-0.2, 0) is 0 Å². The van der Waals surface area contributed by atoms with Crippen LogP contribution >= 0.6 is 11.6 Å². The highest BCUT2D eigenvalue weighted by Gasteiger charge is 2.35. The second-order valence-electron chi connectivity index (χ2n) is 6.51. The summed E-state index contributed by atoms with van der Waals surface area (Å²) in [5, 5.41) is 0.637. The van der Waals surface area contributed by atoms with Crippen LogP contribution in [0.2, 0.25) is 5.02 Å². The van der Waals surface area contributed by atoms with E-state index in [2.05, 4.69) is 20.8 Å². The Morgan fingerprint density at radius 2 is 1.79 bits per heavy atom. The number of carbonyl (C=O) groups is 1. The number of carbonyl (C=O) groups excluding carboxylic acids is 1. The maximum Gasteiger partial charge on any atom is 0.174 e. The normalized spacial score (nSPS) is 16.5. The number of Topliss-reactive ketones (excluding diaryl/α,β-unsaturated/α-hetero) is 1. The van der Waals surface area contributed by atoms with Crippen molar-refractivity contribution in [3.63, 3.8) is 0 Å². The molecule has 1 aliphatic rings. The Balaban J connectivity index is 2.12. The lowest BCUT2D eigenvalue weighted by Gasteiger charge is -2.14. The topological polar surface area (TPSA) is 26.3 Å². The molecule has 0 fully saturated rings. The van der Waals surface area contributed by atoms with E-state index in [9.17, 15) is 4.79 Å². The smallest absolute Gasteiger partial charge is 0.174 e. The molecule has 0 saturated carbocycles. The van der Waals surface area contributed by atoms with Crippen molar-refractivity contribution in [2.75, 3.05) is 7.11 Å². The van der Waals surface area contributed by atoms with Crippen molar-refractivity contribution in [2.45, 2.75) is 26.7 Å². The first kappa shape index (κ1) is 16.8. The van der Waals surface area contributed by atoms with Crippen molar-refractivity contribution in [1.29, 1.82) is 0 Å². The van der Waals surface area contributed by atoms with Gasteiger partial charge in [0.15, 0.2) is 5.78 Å². The molecule has 0 heterocycles. The predicted molar refractivity (Wildman–Crippen MR) is 98.9 cm³/mol. The lowest BCUT2D eigenvalue weighted by Crippen LogP contribution is -2.12. The Kier molecular flexibility index (Phi) is 4.51. The van der Waals surface area contributed by atoms with E-state index in [1.54, 1.807) is 31.4 Å². The minimum absolute atomic E-state index is 0.117. The molecule has 3 heteroatoms. The molecular formula is C21H21ClO2. The van der Waals surface area contributed by atoms with Gasteiger partial charge in [0.25, 0.3) is 0 Å². The van der Waals surface area contributed by atoms with E-state index >= 15 is 0 Å². The maximum absolute atomic E-state index is 13.1. The van der Waals surface area contributed by atoms with Crippen LogP contribution in [0.1, 0.15) is 48.2 Å². The van der Waals surface area contributed by atoms with Gasteiger partial charge in [0.2, 0.25) is 0 Å². The van der Waals surface area contributed by atoms with Crippen LogP contribution in [0.3, 0.4) is 0 Å². The molecule has 0 spiro atoms. The standard InChI is InChI=1S/C21H21ClO2/c1-12(2)19-13(3)20(17-10-9-16(24-4)11-18(17)19)21(23)14-5-7-15(22)8-6-14/h5-12,20H,1-4H3. The van der Waals surface area contributed by atoms with Crippen molar-refractivity contribution in [3.8, 4) is 5.75 Å². The summed E-state index contributed by atoms with van der Waals surface area (Å²) in [6, 6.07) is 13.1. The zero-order chi connectivity index (χ0) is 17.4. The second-order valence-corrected chi connectivity index (χ2v) is 6.95. The third kappa shape index (κ3) is 2.76. The fourth-order valence-electron chi connectivity index (χ4n) is 3.63. The molecule has 0 N–H and O–H groups in total. The molecule has 1 unspecified atom stereocenters. The van der Waals surface area contributed by atoms with E-state index in [0.29, 0.717) is 16.5 Å². The molecule has 124 valence electrons. The largest absolute Gasteiger partial charge is 0.497 e. The third-order valence-electron chi connectivity index (χ3n) is 4.69. The van der Waals surface area contributed by atoms with Crippen molar-refractivity contribution in [1.82, 2.24) is 0 Å². The summed E-state index contributed by atoms with van der Waals surface area (Å²) >= 11 is 5.95. The first-order chi connectivity index (χ1) is 11.4. The van der Waals surface area contributed by atoms with Gasteiger partial charge in [0.05, 0.1) is 13.0 Å². The number of rotatable bonds is 4. The highest BCUT2D eigenvalue weighted by Crippen LogP contribution is 2.47. The van der Waals surface area contributed by atoms with Gasteiger partial charge in [0.1, 0.15) is 5.75 Å². The van der Waals surface area contributed by atoms with Crippen LogP contribution in [0.15, 0.2) is 48.0 Å². The lowest BCUT2D eigenvalue weighted by molar-refractivity contribution is 0.0973. The van der Waals surface area contributed by atoms with Gasteiger partial charge in [0, 0.05) is 10.6 Å². The van der Waals surface area contributed by atoms with E-state index in [0.717, 1.165) is 22.4 Å². The average Bonchev–Trinajstić information content (AvgIpc) is 2.85. The van der Waals surface area contributed by atoms with Crippen LogP contribution < -0.4 is 4.74 Å². The summed E-state index contributed by atoms with van der Waals surface area (Å²) in [6.45, 7) is 6.40. The summed E-state index contributed by atoms with van der Waals surface area (Å²) in [7, 11) is 1.67. The van der Waals surface area contributed by atoms with Gasteiger partial charge in [-0.1, -0.05) is 37.1 Å². The molecule has 24 heavy (non-hydrogen) atoms. The Morgan fingerprint density at radius 3 is 2.38 bits per heavy atom. The Bertz CT molecular complexity index is 816. The van der Waals surface area contributed by atoms with E-state index in [-0.39, 0.29) is 11.7 Å². The SMILES string of the molecule is COc1ccc2c(c1)C(C(C)C)=C(C)C2C(=O)c1ccc(Cl)cc1. The van der Waals surface area contributed by atoms with Crippen LogP contribution in [0, 0.1) is 5.92 Å². The van der Waals surface area contributed by atoms with Crippen LogP contribution in [-0.4, -0.2) is 12.9 Å². The first-order valence-electron chi connectivity index (χ1n) is 8.12. The molecule has 2 aromatic rings. The summed E-state index contributed by atoms with van der Waals surface area (Å²) in [4.78, 5) is 13.1. The second kappa shape index (κ2) is 6.45. The van der Waals surface area contributed by atoms with Crippen molar-refractivity contribution >= 4 is 23.0 Å². The molecule has 0 aliphatic heterocycles. The molecule has 2 aromatic carbocycles. The summed E-state index contributed by atoms with van der Waals surface area (Å²) in [5.74, 6) is 1.05. The van der Waals surface area contributed by atoms with Gasteiger partial charge < -0.3 is 4.74 Å². The van der Waals surface area contributed by atoms with Crippen molar-refractivity contribution in [3.05, 3.63) is 69.8 Å². The van der Waals surface area contributed by atoms with Crippen LogP contribution in [0.5, 0.6) is 5.75 Å². The molecule has 0 aromatic heterocycles. The molecular weight excluding hydrogens is 320 g/mol. The first-order valence-corrected chi connectivity index (χ1v) is 8.50. The van der Waals surface area contributed by atoms with Crippen molar-refractivity contribution in [2.24, 2.45) is 5.92 Å². The highest BCUT2D eigenvalue weighted by atomic mass is 35.5. The fraction of sp³-hybridized carbons (Fsp3) is 0.286. The fourth-order valence-corrected chi connectivity index (χ4v) is 3.76. The number of ether oxygens (including phenoxy) is 1. The molecule has 1 aliphatic carbocycles. The van der Waals surface area contributed by atoms with Gasteiger partial charge in [-0.25, -0.2) is 0 Å². The summed E-state index contributed by atoms with van der Waals surface area (Å²) in [5.41, 5.74) is 5.27. The van der Waals surface area contributed by atoms with Gasteiger partial charge in [-0.15, -0.1) is 0 Å².